The van der Waals surface area contributed by atoms with Crippen LogP contribution in [-0.4, -0.2) is 11.0 Å². The molecule has 1 fully saturated rings. The fourth-order valence-corrected chi connectivity index (χ4v) is 2.85. The van der Waals surface area contributed by atoms with Crippen molar-refractivity contribution in [3.8, 4) is 5.75 Å². The highest BCUT2D eigenvalue weighted by Crippen LogP contribution is 2.33. The lowest BCUT2D eigenvalue weighted by atomic mass is 9.80. The van der Waals surface area contributed by atoms with Crippen LogP contribution in [0.3, 0.4) is 0 Å². The summed E-state index contributed by atoms with van der Waals surface area (Å²) in [5.74, 6) is -2.24. The van der Waals surface area contributed by atoms with Crippen LogP contribution >= 0.6 is 0 Å². The van der Waals surface area contributed by atoms with Crippen LogP contribution < -0.4 is 4.74 Å². The van der Waals surface area contributed by atoms with Crippen molar-refractivity contribution in [1.82, 2.24) is 4.98 Å². The van der Waals surface area contributed by atoms with Gasteiger partial charge in [0.2, 0.25) is 5.95 Å². The Morgan fingerprint density at radius 3 is 2.62 bits per heavy atom. The third-order valence-electron chi connectivity index (χ3n) is 4.14. The van der Waals surface area contributed by atoms with Crippen molar-refractivity contribution < 1.29 is 18.3 Å². The quantitative estimate of drug-likeness (QED) is 0.602. The molecule has 1 aliphatic rings. The Hall–Kier alpha value is -1.52. The van der Waals surface area contributed by atoms with Gasteiger partial charge in [-0.25, -0.2) is 0 Å². The molecule has 0 spiro atoms. The highest BCUT2D eigenvalue weighted by molar-refractivity contribution is 5.75. The van der Waals surface area contributed by atoms with Crippen LogP contribution in [0.4, 0.5) is 8.78 Å². The van der Waals surface area contributed by atoms with Crippen molar-refractivity contribution in [2.45, 2.75) is 51.9 Å². The number of nitrogens with zero attached hydrogens (tertiary/aromatic N) is 1. The Bertz CT molecular complexity index is 485. The van der Waals surface area contributed by atoms with E-state index in [4.69, 9.17) is 4.74 Å². The van der Waals surface area contributed by atoms with Crippen molar-refractivity contribution in [3.63, 3.8) is 0 Å². The lowest BCUT2D eigenvalue weighted by Crippen LogP contribution is -2.26. The van der Waals surface area contributed by atoms with E-state index in [1.54, 1.807) is 0 Å². The van der Waals surface area contributed by atoms with Gasteiger partial charge >= 0.3 is 5.97 Å². The first-order valence-electron chi connectivity index (χ1n) is 7.64. The Kier molecular flexibility index (Phi) is 5.65. The van der Waals surface area contributed by atoms with Crippen molar-refractivity contribution in [2.24, 2.45) is 11.8 Å². The third-order valence-corrected chi connectivity index (χ3v) is 4.14. The van der Waals surface area contributed by atoms with E-state index in [-0.39, 0.29) is 11.7 Å². The summed E-state index contributed by atoms with van der Waals surface area (Å²) in [5, 5.41) is 0. The van der Waals surface area contributed by atoms with E-state index >= 15 is 0 Å². The molecule has 1 heterocycles. The van der Waals surface area contributed by atoms with Gasteiger partial charge in [-0.2, -0.15) is 13.8 Å². The van der Waals surface area contributed by atoms with Gasteiger partial charge in [0.1, 0.15) is 0 Å². The van der Waals surface area contributed by atoms with Gasteiger partial charge in [0, 0.05) is 0 Å². The van der Waals surface area contributed by atoms with Crippen LogP contribution in [0.5, 0.6) is 5.75 Å². The van der Waals surface area contributed by atoms with Crippen molar-refractivity contribution in [2.75, 3.05) is 0 Å². The van der Waals surface area contributed by atoms with E-state index < -0.39 is 17.9 Å². The largest absolute Gasteiger partial charge is 0.421 e. The van der Waals surface area contributed by atoms with Crippen molar-refractivity contribution >= 4 is 5.97 Å². The molecule has 0 saturated heterocycles. The number of aromatic nitrogens is 1. The second-order valence-electron chi connectivity index (χ2n) is 5.70. The average Bonchev–Trinajstić information content (AvgIpc) is 2.48. The zero-order chi connectivity index (χ0) is 15.2. The van der Waals surface area contributed by atoms with Crippen LogP contribution in [0, 0.1) is 23.7 Å². The second-order valence-corrected chi connectivity index (χ2v) is 5.70. The predicted octanol–water partition coefficient (Wildman–Crippen LogP) is 4.26. The number of esters is 1. The molecular weight excluding hydrogens is 276 g/mol. The van der Waals surface area contributed by atoms with Gasteiger partial charge in [0.15, 0.2) is 5.75 Å². The Morgan fingerprint density at radius 1 is 1.29 bits per heavy atom. The van der Waals surface area contributed by atoms with E-state index in [1.165, 1.54) is 19.3 Å². The highest BCUT2D eigenvalue weighted by Gasteiger charge is 2.28. The van der Waals surface area contributed by atoms with Gasteiger partial charge in [-0.1, -0.05) is 26.2 Å². The van der Waals surface area contributed by atoms with Gasteiger partial charge in [-0.3, -0.25) is 4.79 Å². The van der Waals surface area contributed by atoms with Crippen LogP contribution in [0.2, 0.25) is 0 Å². The molecule has 0 atom stereocenters. The first kappa shape index (κ1) is 15.9. The Morgan fingerprint density at radius 2 is 2.00 bits per heavy atom. The standard InChI is InChI=1S/C16H21F2NO2/c1-2-3-4-11-5-7-12(8-6-11)16(20)21-13-9-10-14(17)19-15(13)18/h9-12H,2-8H2,1H3. The van der Waals surface area contributed by atoms with Crippen molar-refractivity contribution in [3.05, 3.63) is 24.0 Å². The zero-order valence-corrected chi connectivity index (χ0v) is 12.3. The molecule has 3 nitrogen and oxygen atoms in total. The summed E-state index contributed by atoms with van der Waals surface area (Å²) in [7, 11) is 0. The molecule has 5 heteroatoms. The maximum absolute atomic E-state index is 13.4. The molecule has 0 unspecified atom stereocenters. The number of halogens is 2. The molecule has 21 heavy (non-hydrogen) atoms. The van der Waals surface area contributed by atoms with Gasteiger partial charge in [-0.05, 0) is 43.7 Å². The molecule has 0 amide bonds. The molecule has 0 radical (unpaired) electrons. The fourth-order valence-electron chi connectivity index (χ4n) is 2.85. The fraction of sp³-hybridized carbons (Fsp3) is 0.625. The van der Waals surface area contributed by atoms with Gasteiger partial charge in [0.05, 0.1) is 5.92 Å². The minimum atomic E-state index is -1.08. The smallest absolute Gasteiger partial charge is 0.314 e. The Labute approximate surface area is 123 Å². The van der Waals surface area contributed by atoms with Gasteiger partial charge in [0.25, 0.3) is 5.95 Å². The second kappa shape index (κ2) is 7.48. The number of unbranched alkanes of at least 4 members (excludes halogenated alkanes) is 1. The molecule has 0 bridgehead atoms. The highest BCUT2D eigenvalue weighted by atomic mass is 19.1. The van der Waals surface area contributed by atoms with Gasteiger partial charge < -0.3 is 4.74 Å². The minimum Gasteiger partial charge on any atom is -0.421 e. The molecule has 1 aromatic rings. The number of carbonyl (C=O) groups is 1. The first-order valence-corrected chi connectivity index (χ1v) is 7.64. The molecule has 116 valence electrons. The summed E-state index contributed by atoms with van der Waals surface area (Å²) in [6, 6.07) is 2.08. The Balaban J connectivity index is 1.84. The average molecular weight is 297 g/mol. The monoisotopic (exact) mass is 297 g/mol. The molecule has 0 aromatic carbocycles. The summed E-state index contributed by atoms with van der Waals surface area (Å²) >= 11 is 0. The van der Waals surface area contributed by atoms with Crippen LogP contribution in [0.15, 0.2) is 12.1 Å². The zero-order valence-electron chi connectivity index (χ0n) is 12.3. The number of ether oxygens (including phenoxy) is 1. The molecule has 0 aliphatic heterocycles. The number of hydrogen-bond acceptors (Lipinski definition) is 3. The number of rotatable bonds is 5. The molecule has 2 rings (SSSR count). The minimum absolute atomic E-state index is 0.188. The third kappa shape index (κ3) is 4.48. The maximum Gasteiger partial charge on any atom is 0.314 e. The van der Waals surface area contributed by atoms with Crippen molar-refractivity contribution in [1.29, 1.82) is 0 Å². The molecule has 1 aliphatic carbocycles. The van der Waals surface area contributed by atoms with E-state index in [0.717, 1.165) is 37.8 Å². The number of hydrogen-bond donors (Lipinski definition) is 0. The van der Waals surface area contributed by atoms with E-state index in [9.17, 15) is 13.6 Å². The predicted molar refractivity (Wildman–Crippen MR) is 74.8 cm³/mol. The first-order chi connectivity index (χ1) is 10.1. The molecule has 1 aromatic heterocycles. The topological polar surface area (TPSA) is 39.2 Å². The van der Waals surface area contributed by atoms with E-state index in [0.29, 0.717) is 5.92 Å². The van der Waals surface area contributed by atoms with Gasteiger partial charge in [-0.15, -0.1) is 0 Å². The molecular formula is C16H21F2NO2. The molecule has 0 N–H and O–H groups in total. The van der Waals surface area contributed by atoms with Crippen LogP contribution in [0.1, 0.15) is 51.9 Å². The lowest BCUT2D eigenvalue weighted by Gasteiger charge is -2.27. The number of pyridine rings is 1. The lowest BCUT2D eigenvalue weighted by molar-refractivity contribution is -0.140. The van der Waals surface area contributed by atoms with Crippen LogP contribution in [0.25, 0.3) is 0 Å². The summed E-state index contributed by atoms with van der Waals surface area (Å²) in [6.45, 7) is 2.17. The number of carbonyl (C=O) groups excluding carboxylic acids is 1. The summed E-state index contributed by atoms with van der Waals surface area (Å²) in [5.41, 5.74) is 0. The van der Waals surface area contributed by atoms with E-state index in [1.807, 2.05) is 0 Å². The SMILES string of the molecule is CCCCC1CCC(C(=O)Oc2ccc(F)nc2F)CC1. The van der Waals surface area contributed by atoms with E-state index in [2.05, 4.69) is 11.9 Å². The normalized spacial score (nSPS) is 22.0. The summed E-state index contributed by atoms with van der Waals surface area (Å²) < 4.78 is 31.1. The summed E-state index contributed by atoms with van der Waals surface area (Å²) in [6.07, 6.45) is 7.24. The van der Waals surface area contributed by atoms with Crippen LogP contribution in [-0.2, 0) is 4.79 Å². The maximum atomic E-state index is 13.4. The molecule has 1 saturated carbocycles. The summed E-state index contributed by atoms with van der Waals surface area (Å²) in [4.78, 5) is 15.0.